The Kier molecular flexibility index (Phi) is 8.06. The number of benzene rings is 2. The van der Waals surface area contributed by atoms with E-state index in [-0.39, 0.29) is 17.9 Å². The van der Waals surface area contributed by atoms with E-state index < -0.39 is 0 Å². The number of piperidine rings is 1. The minimum absolute atomic E-state index is 0.0280. The van der Waals surface area contributed by atoms with Gasteiger partial charge in [-0.3, -0.25) is 9.69 Å². The second-order valence-electron chi connectivity index (χ2n) is 8.08. The Hall–Kier alpha value is -2.86. The first-order chi connectivity index (χ1) is 15.0. The van der Waals surface area contributed by atoms with E-state index in [1.165, 1.54) is 12.7 Å². The van der Waals surface area contributed by atoms with Gasteiger partial charge in [0.25, 0.3) is 0 Å². The van der Waals surface area contributed by atoms with Gasteiger partial charge in [-0.05, 0) is 74.5 Å². The third-order valence-corrected chi connectivity index (χ3v) is 6.12. The predicted octanol–water partition coefficient (Wildman–Crippen LogP) is 3.44. The minimum Gasteiger partial charge on any atom is -0.496 e. The van der Waals surface area contributed by atoms with Crippen LogP contribution in [-0.2, 0) is 22.5 Å². The van der Waals surface area contributed by atoms with Crippen molar-refractivity contribution in [2.24, 2.45) is 5.92 Å². The van der Waals surface area contributed by atoms with Gasteiger partial charge in [-0.15, -0.1) is 0 Å². The van der Waals surface area contributed by atoms with E-state index in [1.54, 1.807) is 19.2 Å². The summed E-state index contributed by atoms with van der Waals surface area (Å²) < 4.78 is 10.2. The zero-order chi connectivity index (χ0) is 22.2. The normalized spacial score (nSPS) is 15.8. The molecule has 0 spiro atoms. The summed E-state index contributed by atoms with van der Waals surface area (Å²) in [5.41, 5.74) is 2.71. The zero-order valence-corrected chi connectivity index (χ0v) is 18.6. The molecule has 0 aliphatic carbocycles. The van der Waals surface area contributed by atoms with Crippen LogP contribution in [0.15, 0.2) is 48.5 Å². The summed E-state index contributed by atoms with van der Waals surface area (Å²) in [5, 5.41) is 3.01. The maximum Gasteiger partial charge on any atom is 0.337 e. The molecule has 3 rings (SSSR count). The summed E-state index contributed by atoms with van der Waals surface area (Å²) >= 11 is 0. The van der Waals surface area contributed by atoms with Crippen LogP contribution in [0.3, 0.4) is 0 Å². The molecule has 1 aliphatic heterocycles. The summed E-state index contributed by atoms with van der Waals surface area (Å²) in [5.74, 6) is 1.23. The Morgan fingerprint density at radius 2 is 1.74 bits per heavy atom. The number of rotatable bonds is 8. The van der Waals surface area contributed by atoms with Crippen LogP contribution in [0, 0.1) is 5.92 Å². The summed E-state index contributed by atoms with van der Waals surface area (Å²) in [6.45, 7) is 4.25. The molecule has 1 heterocycles. The number of hydrogen-bond donors (Lipinski definition) is 1. The van der Waals surface area contributed by atoms with E-state index in [2.05, 4.69) is 22.3 Å². The van der Waals surface area contributed by atoms with E-state index in [0.717, 1.165) is 43.7 Å². The number of carbonyl (C=O) groups is 2. The highest BCUT2D eigenvalue weighted by Crippen LogP contribution is 2.27. The molecule has 1 fully saturated rings. The molecule has 31 heavy (non-hydrogen) atoms. The first kappa shape index (κ1) is 22.8. The highest BCUT2D eigenvalue weighted by atomic mass is 16.5. The van der Waals surface area contributed by atoms with Crippen LogP contribution < -0.4 is 10.1 Å². The van der Waals surface area contributed by atoms with E-state index in [9.17, 15) is 9.59 Å². The van der Waals surface area contributed by atoms with Gasteiger partial charge in [0.1, 0.15) is 5.75 Å². The number of esters is 1. The van der Waals surface area contributed by atoms with Crippen molar-refractivity contribution >= 4 is 11.9 Å². The third-order valence-electron chi connectivity index (χ3n) is 6.12. The smallest absolute Gasteiger partial charge is 0.337 e. The number of methoxy groups -OCH3 is 2. The number of hydrogen-bond acceptors (Lipinski definition) is 5. The number of para-hydroxylation sites is 1. The number of likely N-dealkylation sites (tertiary alicyclic amines) is 1. The lowest BCUT2D eigenvalue weighted by atomic mass is 9.89. The molecule has 0 saturated carbocycles. The monoisotopic (exact) mass is 424 g/mol. The minimum atomic E-state index is -0.363. The summed E-state index contributed by atoms with van der Waals surface area (Å²) in [6, 6.07) is 15.1. The lowest BCUT2D eigenvalue weighted by molar-refractivity contribution is -0.126. The summed E-state index contributed by atoms with van der Waals surface area (Å²) in [4.78, 5) is 26.4. The zero-order valence-electron chi connectivity index (χ0n) is 18.6. The Labute approximate surface area is 184 Å². The fourth-order valence-corrected chi connectivity index (χ4v) is 4.11. The highest BCUT2D eigenvalue weighted by molar-refractivity contribution is 5.89. The van der Waals surface area contributed by atoms with Gasteiger partial charge in [0.2, 0.25) is 5.91 Å². The van der Waals surface area contributed by atoms with Gasteiger partial charge in [-0.2, -0.15) is 0 Å². The Balaban J connectivity index is 1.45. The van der Waals surface area contributed by atoms with Crippen molar-refractivity contribution < 1.29 is 19.1 Å². The van der Waals surface area contributed by atoms with Crippen molar-refractivity contribution in [3.8, 4) is 5.75 Å². The van der Waals surface area contributed by atoms with Gasteiger partial charge in [-0.25, -0.2) is 4.79 Å². The average Bonchev–Trinajstić information content (AvgIpc) is 2.82. The largest absolute Gasteiger partial charge is 0.496 e. The highest BCUT2D eigenvalue weighted by Gasteiger charge is 2.27. The van der Waals surface area contributed by atoms with Crippen LogP contribution in [0.4, 0.5) is 0 Å². The molecular weight excluding hydrogens is 392 g/mol. The molecule has 0 radical (unpaired) electrons. The molecular formula is C25H32N2O4. The van der Waals surface area contributed by atoms with Crippen molar-refractivity contribution in [3.63, 3.8) is 0 Å². The fraction of sp³-hybridized carbons (Fsp3) is 0.440. The number of nitrogens with one attached hydrogen (secondary N) is 1. The standard InChI is InChI=1S/C25H32N2O4/c1-18(24(28)26-17-20-8-10-21(11-9-20)25(29)31-3)27-14-12-19(13-15-27)16-22-6-4-5-7-23(22)30-2/h4-11,18-19H,12-17H2,1-3H3,(H,26,28). The Morgan fingerprint density at radius 3 is 2.39 bits per heavy atom. The molecule has 6 heteroatoms. The first-order valence-corrected chi connectivity index (χ1v) is 10.8. The van der Waals surface area contributed by atoms with Crippen LogP contribution in [0.25, 0.3) is 0 Å². The second-order valence-corrected chi connectivity index (χ2v) is 8.08. The van der Waals surface area contributed by atoms with Crippen molar-refractivity contribution in [2.45, 2.75) is 38.8 Å². The van der Waals surface area contributed by atoms with Crippen LogP contribution in [0.1, 0.15) is 41.3 Å². The molecule has 1 unspecified atom stereocenters. The van der Waals surface area contributed by atoms with Crippen LogP contribution in [0.5, 0.6) is 5.75 Å². The van der Waals surface area contributed by atoms with E-state index in [4.69, 9.17) is 9.47 Å². The molecule has 2 aromatic carbocycles. The topological polar surface area (TPSA) is 67.9 Å². The maximum atomic E-state index is 12.6. The number of amides is 1. The Bertz CT molecular complexity index is 873. The van der Waals surface area contributed by atoms with E-state index >= 15 is 0 Å². The van der Waals surface area contributed by atoms with Crippen molar-refractivity contribution in [3.05, 3.63) is 65.2 Å². The van der Waals surface area contributed by atoms with Gasteiger partial charge in [0, 0.05) is 6.54 Å². The second kappa shape index (κ2) is 11.0. The fourth-order valence-electron chi connectivity index (χ4n) is 4.11. The molecule has 1 aliphatic rings. The molecule has 6 nitrogen and oxygen atoms in total. The van der Waals surface area contributed by atoms with Crippen LogP contribution >= 0.6 is 0 Å². The SMILES string of the molecule is COC(=O)c1ccc(CNC(=O)C(C)N2CCC(Cc3ccccc3OC)CC2)cc1. The van der Waals surface area contributed by atoms with Crippen molar-refractivity contribution in [2.75, 3.05) is 27.3 Å². The lowest BCUT2D eigenvalue weighted by Crippen LogP contribution is -2.48. The average molecular weight is 425 g/mol. The quantitative estimate of drug-likeness (QED) is 0.658. The number of carbonyl (C=O) groups excluding carboxylic acids is 2. The van der Waals surface area contributed by atoms with Gasteiger partial charge in [0.15, 0.2) is 0 Å². The summed E-state index contributed by atoms with van der Waals surface area (Å²) in [7, 11) is 3.08. The predicted molar refractivity (Wildman–Crippen MR) is 120 cm³/mol. The van der Waals surface area contributed by atoms with Gasteiger partial charge < -0.3 is 14.8 Å². The molecule has 0 aromatic heterocycles. The van der Waals surface area contributed by atoms with Gasteiger partial charge in [0.05, 0.1) is 25.8 Å². The van der Waals surface area contributed by atoms with E-state index in [0.29, 0.717) is 18.0 Å². The lowest BCUT2D eigenvalue weighted by Gasteiger charge is -2.35. The molecule has 166 valence electrons. The molecule has 1 amide bonds. The Morgan fingerprint density at radius 1 is 1.06 bits per heavy atom. The van der Waals surface area contributed by atoms with Crippen LogP contribution in [0.2, 0.25) is 0 Å². The first-order valence-electron chi connectivity index (χ1n) is 10.8. The number of nitrogens with zero attached hydrogens (tertiary/aromatic N) is 1. The molecule has 1 N–H and O–H groups in total. The summed E-state index contributed by atoms with van der Waals surface area (Å²) in [6.07, 6.45) is 3.16. The molecule has 2 aromatic rings. The van der Waals surface area contributed by atoms with Gasteiger partial charge >= 0.3 is 5.97 Å². The van der Waals surface area contributed by atoms with E-state index in [1.807, 2.05) is 31.2 Å². The molecule has 0 bridgehead atoms. The molecule has 1 atom stereocenters. The number of ether oxygens (including phenoxy) is 2. The maximum absolute atomic E-state index is 12.6. The third kappa shape index (κ3) is 6.07. The molecule has 1 saturated heterocycles. The van der Waals surface area contributed by atoms with Crippen molar-refractivity contribution in [1.29, 1.82) is 0 Å². The van der Waals surface area contributed by atoms with Crippen LogP contribution in [-0.4, -0.2) is 50.1 Å². The van der Waals surface area contributed by atoms with Crippen molar-refractivity contribution in [1.82, 2.24) is 10.2 Å². The van der Waals surface area contributed by atoms with Gasteiger partial charge in [-0.1, -0.05) is 30.3 Å².